The van der Waals surface area contributed by atoms with Gasteiger partial charge >= 0.3 is 0 Å². The van der Waals surface area contributed by atoms with Gasteiger partial charge in [-0.2, -0.15) is 5.26 Å². The summed E-state index contributed by atoms with van der Waals surface area (Å²) in [6, 6.07) is 21.7. The molecule has 0 aromatic heterocycles. The molecule has 3 aromatic carbocycles. The number of ether oxygens (including phenoxy) is 1. The van der Waals surface area contributed by atoms with Gasteiger partial charge < -0.3 is 10.1 Å². The molecule has 1 amide bonds. The Kier molecular flexibility index (Phi) is 5.97. The van der Waals surface area contributed by atoms with Gasteiger partial charge in [0.1, 0.15) is 5.75 Å². The normalized spacial score (nSPS) is 10.1. The van der Waals surface area contributed by atoms with E-state index in [1.165, 1.54) is 0 Å². The van der Waals surface area contributed by atoms with Gasteiger partial charge in [0, 0.05) is 0 Å². The molecule has 4 nitrogen and oxygen atoms in total. The second kappa shape index (κ2) is 8.59. The van der Waals surface area contributed by atoms with Crippen molar-refractivity contribution < 1.29 is 9.53 Å². The third-order valence-electron chi connectivity index (χ3n) is 3.80. The van der Waals surface area contributed by atoms with Crippen LogP contribution in [-0.2, 0) is 4.79 Å². The molecule has 0 unspecified atom stereocenters. The summed E-state index contributed by atoms with van der Waals surface area (Å²) in [5.41, 5.74) is 2.96. The lowest BCUT2D eigenvalue weighted by atomic mass is 10.0. The molecule has 0 saturated carbocycles. The molecule has 0 saturated heterocycles. The number of nitrogens with zero attached hydrogens (tertiary/aromatic N) is 1. The molecule has 0 spiro atoms. The molecule has 0 aliphatic carbocycles. The van der Waals surface area contributed by atoms with Crippen LogP contribution in [-0.4, -0.2) is 12.5 Å². The average Bonchev–Trinajstić information content (AvgIpc) is 2.70. The van der Waals surface area contributed by atoms with E-state index >= 15 is 0 Å². The molecule has 0 fully saturated rings. The summed E-state index contributed by atoms with van der Waals surface area (Å²) in [5.74, 6) is 0.203. The molecule has 1 N–H and O–H groups in total. The lowest BCUT2D eigenvalue weighted by Crippen LogP contribution is -2.20. The smallest absolute Gasteiger partial charge is 0.262 e. The number of hydrogen-bond acceptors (Lipinski definition) is 3. The first-order valence-electron chi connectivity index (χ1n) is 8.04. The Morgan fingerprint density at radius 2 is 1.48 bits per heavy atom. The summed E-state index contributed by atoms with van der Waals surface area (Å²) in [6.07, 6.45) is 0. The third kappa shape index (κ3) is 4.79. The maximum Gasteiger partial charge on any atom is 0.262 e. The Morgan fingerprint density at radius 3 is 2.04 bits per heavy atom. The highest BCUT2D eigenvalue weighted by Gasteiger charge is 2.10. The zero-order valence-electron chi connectivity index (χ0n) is 14.1. The minimum atomic E-state index is -0.360. The molecule has 6 heteroatoms. The Hall–Kier alpha value is -3.00. The highest BCUT2D eigenvalue weighted by Crippen LogP contribution is 2.29. The van der Waals surface area contributed by atoms with Gasteiger partial charge in [-0.15, -0.1) is 0 Å². The third-order valence-corrected chi connectivity index (χ3v) is 4.43. The fourth-order valence-corrected chi connectivity index (χ4v) is 2.91. The first-order chi connectivity index (χ1) is 13.1. The van der Waals surface area contributed by atoms with Crippen LogP contribution in [0.5, 0.6) is 5.75 Å². The van der Waals surface area contributed by atoms with Crippen molar-refractivity contribution in [2.75, 3.05) is 11.9 Å². The second-order valence-corrected chi connectivity index (χ2v) is 6.46. The van der Waals surface area contributed by atoms with Gasteiger partial charge in [0.05, 0.1) is 27.4 Å². The van der Waals surface area contributed by atoms with Crippen LogP contribution < -0.4 is 10.1 Å². The van der Waals surface area contributed by atoms with Crippen molar-refractivity contribution in [1.82, 2.24) is 0 Å². The molecular formula is C21H14Cl2N2O2. The van der Waals surface area contributed by atoms with Crippen molar-refractivity contribution in [3.05, 3.63) is 82.3 Å². The van der Waals surface area contributed by atoms with E-state index in [4.69, 9.17) is 33.2 Å². The lowest BCUT2D eigenvalue weighted by molar-refractivity contribution is -0.118. The first-order valence-corrected chi connectivity index (χ1v) is 8.79. The number of carbonyl (C=O) groups is 1. The van der Waals surface area contributed by atoms with E-state index in [-0.39, 0.29) is 12.5 Å². The Morgan fingerprint density at radius 1 is 0.926 bits per heavy atom. The number of nitriles is 1. The van der Waals surface area contributed by atoms with E-state index < -0.39 is 0 Å². The molecule has 134 valence electrons. The van der Waals surface area contributed by atoms with Crippen LogP contribution in [0.25, 0.3) is 11.1 Å². The largest absolute Gasteiger partial charge is 0.484 e. The second-order valence-electron chi connectivity index (χ2n) is 5.65. The molecule has 0 bridgehead atoms. The topological polar surface area (TPSA) is 62.1 Å². The molecule has 0 aliphatic heterocycles. The minimum Gasteiger partial charge on any atom is -0.484 e. The Balaban J connectivity index is 1.60. The summed E-state index contributed by atoms with van der Waals surface area (Å²) in [6.45, 7) is -0.169. The van der Waals surface area contributed by atoms with E-state index in [1.54, 1.807) is 42.5 Å². The number of benzene rings is 3. The molecular weight excluding hydrogens is 383 g/mol. The Bertz CT molecular complexity index is 974. The van der Waals surface area contributed by atoms with Crippen molar-refractivity contribution in [2.45, 2.75) is 0 Å². The molecule has 0 aliphatic rings. The number of rotatable bonds is 5. The van der Waals surface area contributed by atoms with Gasteiger partial charge in [-0.05, 0) is 47.5 Å². The predicted molar refractivity (Wildman–Crippen MR) is 107 cm³/mol. The fraction of sp³-hybridized carbons (Fsp3) is 0.0476. The quantitative estimate of drug-likeness (QED) is 0.614. The number of carbonyl (C=O) groups excluding carboxylic acids is 1. The van der Waals surface area contributed by atoms with Crippen molar-refractivity contribution in [3.8, 4) is 22.9 Å². The van der Waals surface area contributed by atoms with Crippen LogP contribution >= 0.6 is 23.2 Å². The van der Waals surface area contributed by atoms with Crippen LogP contribution in [0.2, 0.25) is 10.0 Å². The highest BCUT2D eigenvalue weighted by molar-refractivity contribution is 6.39. The predicted octanol–water partition coefficient (Wildman–Crippen LogP) is 5.55. The van der Waals surface area contributed by atoms with Crippen LogP contribution in [0.4, 0.5) is 5.69 Å². The number of halogens is 2. The van der Waals surface area contributed by atoms with Crippen molar-refractivity contribution in [2.24, 2.45) is 0 Å². The van der Waals surface area contributed by atoms with E-state index in [2.05, 4.69) is 11.4 Å². The molecule has 0 heterocycles. The lowest BCUT2D eigenvalue weighted by Gasteiger charge is -2.10. The number of amides is 1. The minimum absolute atomic E-state index is 0.169. The molecule has 27 heavy (non-hydrogen) atoms. The fourth-order valence-electron chi connectivity index (χ4n) is 2.42. The highest BCUT2D eigenvalue weighted by atomic mass is 35.5. The van der Waals surface area contributed by atoms with E-state index in [0.717, 1.165) is 11.1 Å². The molecule has 0 radical (unpaired) electrons. The standard InChI is InChI=1S/C21H14Cl2N2O2/c22-18-2-1-3-19(23)21(18)25-20(26)13-27-17-10-8-16(9-11-17)15-6-4-14(12-24)5-7-15/h1-11H,13H2,(H,25,26). The van der Waals surface area contributed by atoms with Gasteiger partial charge in [0.25, 0.3) is 5.91 Å². The zero-order valence-corrected chi connectivity index (χ0v) is 15.6. The maximum atomic E-state index is 12.1. The van der Waals surface area contributed by atoms with E-state index in [1.807, 2.05) is 24.3 Å². The number of hydrogen-bond donors (Lipinski definition) is 1. The maximum absolute atomic E-state index is 12.1. The summed E-state index contributed by atoms with van der Waals surface area (Å²) in [4.78, 5) is 12.1. The Labute approximate surface area is 166 Å². The zero-order chi connectivity index (χ0) is 19.2. The van der Waals surface area contributed by atoms with Crippen LogP contribution in [0.1, 0.15) is 5.56 Å². The number of para-hydroxylation sites is 1. The van der Waals surface area contributed by atoms with Crippen molar-refractivity contribution in [3.63, 3.8) is 0 Å². The van der Waals surface area contributed by atoms with Gasteiger partial charge in [0.2, 0.25) is 0 Å². The van der Waals surface area contributed by atoms with Crippen molar-refractivity contribution >= 4 is 34.8 Å². The first kappa shape index (κ1) is 18.8. The van der Waals surface area contributed by atoms with Gasteiger partial charge in [0.15, 0.2) is 6.61 Å². The van der Waals surface area contributed by atoms with Crippen LogP contribution in [0.3, 0.4) is 0 Å². The molecule has 0 atom stereocenters. The average molecular weight is 397 g/mol. The summed E-state index contributed by atoms with van der Waals surface area (Å²) in [5, 5.41) is 12.2. The van der Waals surface area contributed by atoms with Gasteiger partial charge in [-0.25, -0.2) is 0 Å². The summed E-state index contributed by atoms with van der Waals surface area (Å²) in [7, 11) is 0. The van der Waals surface area contributed by atoms with E-state index in [0.29, 0.717) is 27.0 Å². The van der Waals surface area contributed by atoms with Crippen molar-refractivity contribution in [1.29, 1.82) is 5.26 Å². The molecule has 3 aromatic rings. The number of nitrogens with one attached hydrogen (secondary N) is 1. The summed E-state index contributed by atoms with van der Waals surface area (Å²) < 4.78 is 5.51. The van der Waals surface area contributed by atoms with E-state index in [9.17, 15) is 4.79 Å². The summed E-state index contributed by atoms with van der Waals surface area (Å²) >= 11 is 12.1. The van der Waals surface area contributed by atoms with Crippen LogP contribution in [0.15, 0.2) is 66.7 Å². The monoisotopic (exact) mass is 396 g/mol. The number of anilines is 1. The van der Waals surface area contributed by atoms with Gasteiger partial charge in [-0.3, -0.25) is 4.79 Å². The van der Waals surface area contributed by atoms with Crippen LogP contribution in [0, 0.1) is 11.3 Å². The van der Waals surface area contributed by atoms with Gasteiger partial charge in [-0.1, -0.05) is 53.5 Å². The SMILES string of the molecule is N#Cc1ccc(-c2ccc(OCC(=O)Nc3c(Cl)cccc3Cl)cc2)cc1. The molecule has 3 rings (SSSR count).